The summed E-state index contributed by atoms with van der Waals surface area (Å²) in [7, 11) is -9.28. The molecular formula is C2H10CaO9P2. The van der Waals surface area contributed by atoms with Crippen molar-refractivity contribution in [2.24, 2.45) is 0 Å². The molecule has 84 valence electrons. The molecule has 0 heterocycles. The van der Waals surface area contributed by atoms with Crippen molar-refractivity contribution in [1.29, 1.82) is 0 Å². The normalized spacial score (nSPS) is 10.4. The van der Waals surface area contributed by atoms with E-state index in [9.17, 15) is 0 Å². The van der Waals surface area contributed by atoms with Gasteiger partial charge in [0.15, 0.2) is 0 Å². The van der Waals surface area contributed by atoms with Gasteiger partial charge in [-0.25, -0.2) is 9.13 Å². The first-order valence-corrected chi connectivity index (χ1v) is 6.88. The monoisotopic (exact) mass is 280 g/mol. The van der Waals surface area contributed by atoms with Crippen LogP contribution in [0.5, 0.6) is 0 Å². The van der Waals surface area contributed by atoms with E-state index >= 15 is 0 Å². The molecule has 0 atom stereocenters. The van der Waals surface area contributed by atoms with Crippen LogP contribution in [0.25, 0.3) is 0 Å². The van der Waals surface area contributed by atoms with Crippen LogP contribution in [0.4, 0.5) is 0 Å². The summed E-state index contributed by atoms with van der Waals surface area (Å²) in [5.74, 6) is 0. The topological polar surface area (TPSA) is 176 Å². The molecule has 0 aromatic rings. The van der Waals surface area contributed by atoms with Crippen LogP contribution < -0.4 is 0 Å². The first kappa shape index (κ1) is 20.5. The third-order valence-electron chi connectivity index (χ3n) is 0. The predicted octanol–water partition coefficient (Wildman–Crippen LogP) is -2.18. The van der Waals surface area contributed by atoms with Crippen LogP contribution in [0.3, 0.4) is 0 Å². The summed E-state index contributed by atoms with van der Waals surface area (Å²) in [4.78, 5) is 43.1. The van der Waals surface area contributed by atoms with Crippen molar-refractivity contribution in [2.45, 2.75) is 6.92 Å². The van der Waals surface area contributed by atoms with Gasteiger partial charge >= 0.3 is 64.7 Å². The van der Waals surface area contributed by atoms with Crippen molar-refractivity contribution < 1.29 is 43.6 Å². The molecule has 0 amide bonds. The Morgan fingerprint density at radius 1 is 0.929 bits per heavy atom. The van der Waals surface area contributed by atoms with Gasteiger partial charge in [-0.15, -0.1) is 0 Å². The summed E-state index contributed by atoms with van der Waals surface area (Å²) in [6, 6.07) is 0. The van der Waals surface area contributed by atoms with E-state index in [0.717, 1.165) is 35.3 Å². The zero-order valence-corrected chi connectivity index (χ0v) is 11.0. The van der Waals surface area contributed by atoms with Crippen molar-refractivity contribution >= 4 is 52.7 Å². The fourth-order valence-corrected chi connectivity index (χ4v) is 0. The molecule has 0 aliphatic heterocycles. The molecule has 0 spiro atoms. The van der Waals surface area contributed by atoms with Crippen LogP contribution in [0.15, 0.2) is 0 Å². The first-order chi connectivity index (χ1) is 5.73. The second-order valence-corrected chi connectivity index (χ2v) is 5.41. The smallest absolute Gasteiger partial charge is 0.303 e. The van der Waals surface area contributed by atoms with Crippen LogP contribution in [0.1, 0.15) is 6.92 Å². The standard InChI is InChI=1S/C2H4O.Ca.2H3O4P/c1-2-3;;2*1-5(2,3)4/h3H,1H3;;2*(H3,1,2,3,4). The van der Waals surface area contributed by atoms with E-state index in [1.165, 1.54) is 0 Å². The van der Waals surface area contributed by atoms with Gasteiger partial charge in [0.2, 0.25) is 0 Å². The molecule has 0 rings (SSSR count). The molecule has 14 heavy (non-hydrogen) atoms. The molecule has 9 nitrogen and oxygen atoms in total. The number of aliphatic hydroxyl groups excluding tert-OH is 1. The van der Waals surface area contributed by atoms with E-state index in [1.807, 2.05) is 0 Å². The third kappa shape index (κ3) is 1470. The summed E-state index contributed by atoms with van der Waals surface area (Å²) in [5.41, 5.74) is 0. The van der Waals surface area contributed by atoms with Gasteiger partial charge in [0, 0.05) is 0 Å². The summed E-state index contributed by atoms with van der Waals surface area (Å²) < 4.78 is 18.3. The third-order valence-corrected chi connectivity index (χ3v) is 0. The maximum Gasteiger partial charge on any atom is 0.466 e. The second-order valence-electron chi connectivity index (χ2n) is 1.76. The maximum absolute atomic E-state index is 8.88. The first-order valence-electron chi connectivity index (χ1n) is 2.64. The predicted molar refractivity (Wildman–Crippen MR) is 46.9 cm³/mol. The quantitative estimate of drug-likeness (QED) is 0.192. The van der Waals surface area contributed by atoms with Crippen molar-refractivity contribution in [3.63, 3.8) is 0 Å². The molecule has 0 saturated heterocycles. The molecule has 0 bridgehead atoms. The van der Waals surface area contributed by atoms with E-state index in [4.69, 9.17) is 43.6 Å². The molecule has 0 saturated carbocycles. The Labute approximate surface area is 103 Å². The summed E-state index contributed by atoms with van der Waals surface area (Å²) in [5, 5.41) is 8.03. The van der Waals surface area contributed by atoms with Crippen LogP contribution in [0, 0.1) is 0 Å². The van der Waals surface area contributed by atoms with Gasteiger partial charge in [0.25, 0.3) is 0 Å². The minimum atomic E-state index is -4.64. The van der Waals surface area contributed by atoms with Gasteiger partial charge in [-0.1, -0.05) is 0 Å². The summed E-state index contributed by atoms with van der Waals surface area (Å²) in [6.45, 7) is 1.69. The summed E-state index contributed by atoms with van der Waals surface area (Å²) in [6.07, 6.45) is 0. The largest absolute Gasteiger partial charge is 0.466 e. The van der Waals surface area contributed by atoms with Gasteiger partial charge in [0.05, 0.1) is 0 Å². The van der Waals surface area contributed by atoms with E-state index < -0.39 is 15.6 Å². The van der Waals surface area contributed by atoms with Crippen LogP contribution in [-0.4, -0.2) is 71.5 Å². The molecule has 0 aliphatic rings. The van der Waals surface area contributed by atoms with E-state index in [0.29, 0.717) is 1.77 Å². The molecular weight excluding hydrogens is 270 g/mol. The number of aliphatic hydroxyl groups is 1. The minimum absolute atomic E-state index is 0.542. The fourth-order valence-electron chi connectivity index (χ4n) is 0. The molecule has 0 radical (unpaired) electrons. The minimum Gasteiger partial charge on any atom is -0.303 e. The van der Waals surface area contributed by atoms with Gasteiger partial charge in [0.1, 0.15) is 0 Å². The molecule has 0 aromatic carbocycles. The van der Waals surface area contributed by atoms with Crippen LogP contribution >= 0.6 is 15.6 Å². The Morgan fingerprint density at radius 3 is 0.929 bits per heavy atom. The average Bonchev–Trinajstić information content (AvgIpc) is 1.45. The van der Waals surface area contributed by atoms with Crippen molar-refractivity contribution in [3.05, 3.63) is 0 Å². The Bertz CT molecular complexity index is 197. The average molecular weight is 280 g/mol. The van der Waals surface area contributed by atoms with Crippen LogP contribution in [0.2, 0.25) is 0 Å². The zero-order chi connectivity index (χ0) is 12.6. The molecule has 0 fully saturated rings. The van der Waals surface area contributed by atoms with E-state index in [2.05, 4.69) is 0 Å². The van der Waals surface area contributed by atoms with E-state index in [1.54, 1.807) is 6.92 Å². The van der Waals surface area contributed by atoms with Gasteiger partial charge in [-0.05, 0) is 0 Å². The Balaban J connectivity index is -0.000000131. The van der Waals surface area contributed by atoms with Gasteiger partial charge in [-0.3, -0.25) is 0 Å². The zero-order valence-electron chi connectivity index (χ0n) is 7.05. The molecule has 12 heteroatoms. The van der Waals surface area contributed by atoms with Crippen molar-refractivity contribution in [2.75, 3.05) is 0 Å². The van der Waals surface area contributed by atoms with Crippen LogP contribution in [-0.2, 0) is 9.13 Å². The second kappa shape index (κ2) is 9.38. The van der Waals surface area contributed by atoms with Crippen molar-refractivity contribution in [3.8, 4) is 0 Å². The molecule has 0 unspecified atom stereocenters. The maximum atomic E-state index is 8.88. The summed E-state index contributed by atoms with van der Waals surface area (Å²) >= 11 is 0.903. The molecule has 7 N–H and O–H groups in total. The van der Waals surface area contributed by atoms with Gasteiger partial charge < -0.3 is 29.4 Å². The molecule has 0 aliphatic carbocycles. The number of phosphoric acid groups is 2. The van der Waals surface area contributed by atoms with Gasteiger partial charge in [-0.2, -0.15) is 0 Å². The Hall–Kier alpha value is 1.15. The Morgan fingerprint density at radius 2 is 0.929 bits per heavy atom. The van der Waals surface area contributed by atoms with Crippen molar-refractivity contribution in [1.82, 2.24) is 0 Å². The number of hydrogen-bond donors (Lipinski definition) is 7. The van der Waals surface area contributed by atoms with E-state index in [-0.39, 0.29) is 0 Å². The number of hydrogen-bond acceptors (Lipinski definition) is 3. The fraction of sp³-hybridized carbons (Fsp3) is 0.500. The SMILES string of the molecule is C[C](O)=[Ca].O=P(O)(O)O.O=P(O)(O)O. The molecule has 0 aromatic heterocycles. The number of rotatable bonds is 0. The Kier molecular flexibility index (Phi) is 13.8.